The second-order valence-corrected chi connectivity index (χ2v) is 7.40. The summed E-state index contributed by atoms with van der Waals surface area (Å²) in [4.78, 5) is 19.4. The highest BCUT2D eigenvalue weighted by atomic mass is 32.1. The molecule has 5 nitrogen and oxygen atoms in total. The van der Waals surface area contributed by atoms with Crippen LogP contribution >= 0.6 is 11.3 Å². The smallest absolute Gasteiger partial charge is 0.231 e. The number of para-hydroxylation sites is 1. The van der Waals surface area contributed by atoms with E-state index in [9.17, 15) is 4.79 Å². The summed E-state index contributed by atoms with van der Waals surface area (Å²) in [7, 11) is 0. The quantitative estimate of drug-likeness (QED) is 0.802. The van der Waals surface area contributed by atoms with E-state index in [0.29, 0.717) is 13.2 Å². The van der Waals surface area contributed by atoms with Crippen LogP contribution in [0.15, 0.2) is 18.2 Å². The zero-order valence-electron chi connectivity index (χ0n) is 13.9. The molecule has 2 aromatic rings. The van der Waals surface area contributed by atoms with Crippen molar-refractivity contribution in [3.05, 3.63) is 18.2 Å². The Balaban J connectivity index is 1.67. The van der Waals surface area contributed by atoms with Gasteiger partial charge in [0.1, 0.15) is 11.3 Å². The molecule has 1 aliphatic carbocycles. The first-order valence-corrected chi connectivity index (χ1v) is 9.53. The SMILES string of the molecule is CCOc1cccc2sc(N(CC3CCCO3)C(=O)C3CC3)nc12. The van der Waals surface area contributed by atoms with Gasteiger partial charge in [-0.3, -0.25) is 9.69 Å². The van der Waals surface area contributed by atoms with Gasteiger partial charge in [-0.1, -0.05) is 17.4 Å². The molecule has 0 N–H and O–H groups in total. The van der Waals surface area contributed by atoms with Crippen LogP contribution in [0.25, 0.3) is 10.2 Å². The van der Waals surface area contributed by atoms with Crippen LogP contribution in [0, 0.1) is 5.92 Å². The summed E-state index contributed by atoms with van der Waals surface area (Å²) < 4.78 is 12.5. The van der Waals surface area contributed by atoms with Gasteiger partial charge in [0, 0.05) is 12.5 Å². The van der Waals surface area contributed by atoms with E-state index in [1.807, 2.05) is 30.0 Å². The number of thiazole rings is 1. The number of hydrogen-bond acceptors (Lipinski definition) is 5. The van der Waals surface area contributed by atoms with Crippen molar-refractivity contribution in [2.45, 2.75) is 38.7 Å². The number of carbonyl (C=O) groups is 1. The Morgan fingerprint density at radius 1 is 1.42 bits per heavy atom. The highest BCUT2D eigenvalue weighted by molar-refractivity contribution is 7.22. The van der Waals surface area contributed by atoms with Crippen molar-refractivity contribution in [2.75, 3.05) is 24.7 Å². The van der Waals surface area contributed by atoms with E-state index < -0.39 is 0 Å². The lowest BCUT2D eigenvalue weighted by Crippen LogP contribution is -2.38. The van der Waals surface area contributed by atoms with Crippen LogP contribution in [-0.4, -0.2) is 36.8 Å². The minimum atomic E-state index is 0.131. The lowest BCUT2D eigenvalue weighted by atomic mass is 10.2. The molecule has 0 radical (unpaired) electrons. The second kappa shape index (κ2) is 6.69. The van der Waals surface area contributed by atoms with E-state index in [1.165, 1.54) is 0 Å². The van der Waals surface area contributed by atoms with Crippen LogP contribution in [0.2, 0.25) is 0 Å². The largest absolute Gasteiger partial charge is 0.492 e. The van der Waals surface area contributed by atoms with Crippen molar-refractivity contribution in [3.8, 4) is 5.75 Å². The van der Waals surface area contributed by atoms with E-state index in [4.69, 9.17) is 14.5 Å². The summed E-state index contributed by atoms with van der Waals surface area (Å²) in [6, 6.07) is 5.94. The average Bonchev–Trinajstić information content (AvgIpc) is 3.13. The van der Waals surface area contributed by atoms with Crippen molar-refractivity contribution < 1.29 is 14.3 Å². The van der Waals surface area contributed by atoms with Crippen LogP contribution in [-0.2, 0) is 9.53 Å². The van der Waals surface area contributed by atoms with Gasteiger partial charge >= 0.3 is 0 Å². The van der Waals surface area contributed by atoms with Gasteiger partial charge in [-0.15, -0.1) is 0 Å². The van der Waals surface area contributed by atoms with Crippen molar-refractivity contribution in [2.24, 2.45) is 5.92 Å². The zero-order chi connectivity index (χ0) is 16.5. The Kier molecular flexibility index (Phi) is 4.41. The fourth-order valence-corrected chi connectivity index (χ4v) is 4.10. The minimum Gasteiger partial charge on any atom is -0.492 e. The molecule has 1 unspecified atom stereocenters. The average molecular weight is 346 g/mol. The molecule has 24 heavy (non-hydrogen) atoms. The van der Waals surface area contributed by atoms with E-state index in [0.717, 1.165) is 53.4 Å². The number of anilines is 1. The molecule has 128 valence electrons. The first-order valence-electron chi connectivity index (χ1n) is 8.71. The van der Waals surface area contributed by atoms with Crippen molar-refractivity contribution in [3.63, 3.8) is 0 Å². The summed E-state index contributed by atoms with van der Waals surface area (Å²) >= 11 is 1.56. The highest BCUT2D eigenvalue weighted by Crippen LogP contribution is 2.38. The Morgan fingerprint density at radius 2 is 2.29 bits per heavy atom. The van der Waals surface area contributed by atoms with Gasteiger partial charge in [0.05, 0.1) is 24.0 Å². The molecule has 0 spiro atoms. The summed E-state index contributed by atoms with van der Waals surface area (Å²) in [5, 5.41) is 0.768. The van der Waals surface area contributed by atoms with E-state index in [2.05, 4.69) is 0 Å². The molecule has 1 aromatic heterocycles. The van der Waals surface area contributed by atoms with Crippen molar-refractivity contribution in [1.29, 1.82) is 0 Å². The molecule has 1 amide bonds. The summed E-state index contributed by atoms with van der Waals surface area (Å²) in [6.45, 7) is 3.97. The molecule has 6 heteroatoms. The number of hydrogen-bond donors (Lipinski definition) is 0. The number of carbonyl (C=O) groups excluding carboxylic acids is 1. The van der Waals surface area contributed by atoms with Crippen molar-refractivity contribution in [1.82, 2.24) is 4.98 Å². The number of aromatic nitrogens is 1. The number of benzene rings is 1. The maximum atomic E-state index is 12.8. The van der Waals surface area contributed by atoms with Gasteiger partial charge in [-0.2, -0.15) is 0 Å². The van der Waals surface area contributed by atoms with Crippen LogP contribution in [0.5, 0.6) is 5.75 Å². The van der Waals surface area contributed by atoms with E-state index in [1.54, 1.807) is 11.3 Å². The lowest BCUT2D eigenvalue weighted by Gasteiger charge is -2.23. The summed E-state index contributed by atoms with van der Waals surface area (Å²) in [5.41, 5.74) is 0.847. The number of rotatable bonds is 6. The molecule has 1 aromatic carbocycles. The van der Waals surface area contributed by atoms with Crippen LogP contribution in [0.4, 0.5) is 5.13 Å². The van der Waals surface area contributed by atoms with Crippen LogP contribution < -0.4 is 9.64 Å². The normalized spacial score (nSPS) is 20.5. The molecular formula is C18H22N2O3S. The van der Waals surface area contributed by atoms with Gasteiger partial charge in [-0.05, 0) is 44.7 Å². The maximum absolute atomic E-state index is 12.8. The Hall–Kier alpha value is -1.66. The second-order valence-electron chi connectivity index (χ2n) is 6.39. The standard InChI is InChI=1S/C18H22N2O3S/c1-2-22-14-6-3-7-15-16(14)19-18(24-15)20(17(21)12-8-9-12)11-13-5-4-10-23-13/h3,6-7,12-13H,2,4-5,8-11H2,1H3. The number of amides is 1. The summed E-state index contributed by atoms with van der Waals surface area (Å²) in [5.74, 6) is 1.15. The van der Waals surface area contributed by atoms with E-state index in [-0.39, 0.29) is 17.9 Å². The number of ether oxygens (including phenoxy) is 2. The first-order chi connectivity index (χ1) is 11.8. The van der Waals surface area contributed by atoms with Crippen molar-refractivity contribution >= 4 is 32.6 Å². The van der Waals surface area contributed by atoms with Crippen LogP contribution in [0.1, 0.15) is 32.6 Å². The monoisotopic (exact) mass is 346 g/mol. The molecule has 4 rings (SSSR count). The Labute approximate surface area is 145 Å². The Morgan fingerprint density at radius 3 is 3.00 bits per heavy atom. The Bertz CT molecular complexity index is 735. The zero-order valence-corrected chi connectivity index (χ0v) is 14.7. The number of nitrogens with zero attached hydrogens (tertiary/aromatic N) is 2. The number of fused-ring (bicyclic) bond motifs is 1. The molecular weight excluding hydrogens is 324 g/mol. The molecule has 1 saturated carbocycles. The molecule has 2 fully saturated rings. The highest BCUT2D eigenvalue weighted by Gasteiger charge is 2.36. The minimum absolute atomic E-state index is 0.131. The third-order valence-corrected chi connectivity index (χ3v) is 5.55. The van der Waals surface area contributed by atoms with Gasteiger partial charge in [-0.25, -0.2) is 4.98 Å². The third-order valence-electron chi connectivity index (χ3n) is 4.50. The predicted octanol–water partition coefficient (Wildman–Crippen LogP) is 3.62. The first kappa shape index (κ1) is 15.8. The lowest BCUT2D eigenvalue weighted by molar-refractivity contribution is -0.120. The fraction of sp³-hybridized carbons (Fsp3) is 0.556. The van der Waals surface area contributed by atoms with Crippen LogP contribution in [0.3, 0.4) is 0 Å². The molecule has 2 heterocycles. The summed E-state index contributed by atoms with van der Waals surface area (Å²) in [6.07, 6.45) is 4.21. The topological polar surface area (TPSA) is 51.7 Å². The van der Waals surface area contributed by atoms with Gasteiger partial charge in [0.15, 0.2) is 5.13 Å². The maximum Gasteiger partial charge on any atom is 0.231 e. The molecule has 2 aliphatic rings. The molecule has 1 saturated heterocycles. The van der Waals surface area contributed by atoms with E-state index >= 15 is 0 Å². The fourth-order valence-electron chi connectivity index (χ4n) is 3.10. The molecule has 0 bridgehead atoms. The van der Waals surface area contributed by atoms with Gasteiger partial charge < -0.3 is 9.47 Å². The van der Waals surface area contributed by atoms with Gasteiger partial charge in [0.25, 0.3) is 0 Å². The van der Waals surface area contributed by atoms with Gasteiger partial charge in [0.2, 0.25) is 5.91 Å². The third kappa shape index (κ3) is 3.13. The predicted molar refractivity (Wildman–Crippen MR) is 94.8 cm³/mol. The molecule has 1 aliphatic heterocycles. The molecule has 1 atom stereocenters.